The number of allylic oxidation sites excluding steroid dienone is 2. The van der Waals surface area contributed by atoms with Gasteiger partial charge < -0.3 is 0 Å². The van der Waals surface area contributed by atoms with Crippen LogP contribution < -0.4 is 0 Å². The van der Waals surface area contributed by atoms with Gasteiger partial charge in [-0.15, -0.1) is 0 Å². The fourth-order valence-corrected chi connectivity index (χ4v) is 1.83. The van der Waals surface area contributed by atoms with Crippen molar-refractivity contribution in [2.45, 2.75) is 46.0 Å². The largest absolute Gasteiger partial charge is 0.300 e. The molecule has 1 unspecified atom stereocenters. The van der Waals surface area contributed by atoms with Crippen LogP contribution in [0.5, 0.6) is 0 Å². The Balaban J connectivity index is 2.58. The zero-order valence-electron chi connectivity index (χ0n) is 8.10. The van der Waals surface area contributed by atoms with Crippen LogP contribution in [0.4, 0.5) is 0 Å². The summed E-state index contributed by atoms with van der Waals surface area (Å²) in [4.78, 5) is 11.2. The summed E-state index contributed by atoms with van der Waals surface area (Å²) in [6, 6.07) is 0. The van der Waals surface area contributed by atoms with Crippen LogP contribution in [-0.4, -0.2) is 5.78 Å². The molecule has 0 amide bonds. The maximum Gasteiger partial charge on any atom is 0.133 e. The summed E-state index contributed by atoms with van der Waals surface area (Å²) in [5.74, 6) is 0.935. The molecule has 1 nitrogen and oxygen atoms in total. The van der Waals surface area contributed by atoms with Crippen molar-refractivity contribution in [3.05, 3.63) is 11.6 Å². The van der Waals surface area contributed by atoms with Crippen molar-refractivity contribution in [3.63, 3.8) is 0 Å². The third-order valence-corrected chi connectivity index (χ3v) is 2.54. The van der Waals surface area contributed by atoms with Crippen molar-refractivity contribution in [3.8, 4) is 0 Å². The normalized spacial score (nSPS) is 25.0. The third kappa shape index (κ3) is 2.47. The molecule has 0 heterocycles. The van der Waals surface area contributed by atoms with Crippen LogP contribution in [0.1, 0.15) is 46.0 Å². The number of rotatable bonds is 2. The number of carbonyl (C=O) groups is 1. The average Bonchev–Trinajstić information content (AvgIpc) is 2.15. The Morgan fingerprint density at radius 3 is 3.00 bits per heavy atom. The van der Waals surface area contributed by atoms with E-state index in [-0.39, 0.29) is 0 Å². The van der Waals surface area contributed by atoms with Crippen LogP contribution in [0.2, 0.25) is 0 Å². The quantitative estimate of drug-likeness (QED) is 0.576. The van der Waals surface area contributed by atoms with Gasteiger partial charge in [0.2, 0.25) is 0 Å². The standard InChI is InChI=1S/C11H18O/c1-3-5-10-6-4-7-11(12)8-9(10)2/h6,9H,3-5,7-8H2,1-2H3. The molecule has 1 atom stereocenters. The summed E-state index contributed by atoms with van der Waals surface area (Å²) in [5.41, 5.74) is 1.50. The predicted molar refractivity (Wildman–Crippen MR) is 51.0 cm³/mol. The van der Waals surface area contributed by atoms with Gasteiger partial charge in [-0.25, -0.2) is 0 Å². The van der Waals surface area contributed by atoms with E-state index in [4.69, 9.17) is 0 Å². The van der Waals surface area contributed by atoms with E-state index in [1.165, 1.54) is 18.4 Å². The smallest absolute Gasteiger partial charge is 0.133 e. The zero-order chi connectivity index (χ0) is 8.97. The van der Waals surface area contributed by atoms with E-state index in [9.17, 15) is 4.79 Å². The van der Waals surface area contributed by atoms with Crippen LogP contribution in [0.25, 0.3) is 0 Å². The second-order valence-electron chi connectivity index (χ2n) is 3.71. The Kier molecular flexibility index (Phi) is 3.51. The van der Waals surface area contributed by atoms with Gasteiger partial charge >= 0.3 is 0 Å². The minimum atomic E-state index is 0.435. The number of Topliss-reactive ketones (excluding diaryl/α,β-unsaturated/α-hetero) is 1. The van der Waals surface area contributed by atoms with E-state index in [0.717, 1.165) is 19.3 Å². The average molecular weight is 166 g/mol. The van der Waals surface area contributed by atoms with E-state index < -0.39 is 0 Å². The van der Waals surface area contributed by atoms with Gasteiger partial charge in [0.15, 0.2) is 0 Å². The number of ketones is 1. The lowest BCUT2D eigenvalue weighted by Crippen LogP contribution is -2.04. The summed E-state index contributed by atoms with van der Waals surface area (Å²) >= 11 is 0. The molecule has 0 saturated carbocycles. The fourth-order valence-electron chi connectivity index (χ4n) is 1.83. The minimum Gasteiger partial charge on any atom is -0.300 e. The predicted octanol–water partition coefficient (Wildman–Crippen LogP) is 3.10. The molecule has 1 rings (SSSR count). The number of carbonyl (C=O) groups excluding carboxylic acids is 1. The second kappa shape index (κ2) is 4.44. The van der Waals surface area contributed by atoms with Crippen molar-refractivity contribution in [2.75, 3.05) is 0 Å². The molecule has 0 N–H and O–H groups in total. The first kappa shape index (κ1) is 9.50. The zero-order valence-corrected chi connectivity index (χ0v) is 8.10. The molecule has 0 fully saturated rings. The van der Waals surface area contributed by atoms with E-state index in [1.807, 2.05) is 0 Å². The first-order valence-corrected chi connectivity index (χ1v) is 4.94. The summed E-state index contributed by atoms with van der Waals surface area (Å²) in [7, 11) is 0. The van der Waals surface area contributed by atoms with Gasteiger partial charge in [0.05, 0.1) is 0 Å². The highest BCUT2D eigenvalue weighted by molar-refractivity contribution is 5.79. The lowest BCUT2D eigenvalue weighted by atomic mass is 9.94. The Morgan fingerprint density at radius 1 is 1.58 bits per heavy atom. The van der Waals surface area contributed by atoms with Gasteiger partial charge in [-0.05, 0) is 18.8 Å². The first-order valence-electron chi connectivity index (χ1n) is 4.94. The molecule has 0 saturated heterocycles. The van der Waals surface area contributed by atoms with Crippen molar-refractivity contribution >= 4 is 5.78 Å². The van der Waals surface area contributed by atoms with Crippen LogP contribution >= 0.6 is 0 Å². The first-order chi connectivity index (χ1) is 5.74. The summed E-state index contributed by atoms with van der Waals surface area (Å²) in [5, 5.41) is 0. The lowest BCUT2D eigenvalue weighted by Gasteiger charge is -2.11. The van der Waals surface area contributed by atoms with Crippen LogP contribution in [0.15, 0.2) is 11.6 Å². The Bertz CT molecular complexity index is 191. The van der Waals surface area contributed by atoms with E-state index in [1.54, 1.807) is 0 Å². The van der Waals surface area contributed by atoms with E-state index >= 15 is 0 Å². The molecule has 0 aromatic rings. The molecule has 1 heteroatoms. The van der Waals surface area contributed by atoms with Gasteiger partial charge in [-0.1, -0.05) is 31.9 Å². The van der Waals surface area contributed by atoms with E-state index in [0.29, 0.717) is 11.7 Å². The molecule has 0 aromatic carbocycles. The van der Waals surface area contributed by atoms with Gasteiger partial charge in [-0.2, -0.15) is 0 Å². The molecular formula is C11H18O. The molecule has 1 aliphatic carbocycles. The molecular weight excluding hydrogens is 148 g/mol. The molecule has 0 spiro atoms. The molecule has 0 aromatic heterocycles. The Hall–Kier alpha value is -0.590. The van der Waals surface area contributed by atoms with Gasteiger partial charge in [-0.3, -0.25) is 4.79 Å². The molecule has 0 bridgehead atoms. The molecule has 0 aliphatic heterocycles. The lowest BCUT2D eigenvalue weighted by molar-refractivity contribution is -0.119. The maximum atomic E-state index is 11.2. The van der Waals surface area contributed by atoms with E-state index in [2.05, 4.69) is 19.9 Å². The van der Waals surface area contributed by atoms with Crippen LogP contribution in [0, 0.1) is 5.92 Å². The highest BCUT2D eigenvalue weighted by atomic mass is 16.1. The molecule has 68 valence electrons. The van der Waals surface area contributed by atoms with Crippen LogP contribution in [-0.2, 0) is 4.79 Å². The number of hydrogen-bond donors (Lipinski definition) is 0. The van der Waals surface area contributed by atoms with Crippen molar-refractivity contribution in [1.82, 2.24) is 0 Å². The van der Waals surface area contributed by atoms with Crippen LogP contribution in [0.3, 0.4) is 0 Å². The van der Waals surface area contributed by atoms with Gasteiger partial charge in [0, 0.05) is 12.8 Å². The highest BCUT2D eigenvalue weighted by Crippen LogP contribution is 2.24. The van der Waals surface area contributed by atoms with Crippen molar-refractivity contribution in [1.29, 1.82) is 0 Å². The van der Waals surface area contributed by atoms with Gasteiger partial charge in [0.1, 0.15) is 5.78 Å². The third-order valence-electron chi connectivity index (χ3n) is 2.54. The summed E-state index contributed by atoms with van der Waals surface area (Å²) in [6.45, 7) is 4.37. The second-order valence-corrected chi connectivity index (χ2v) is 3.71. The SMILES string of the molecule is CCCC1=CCCC(=O)CC1C. The topological polar surface area (TPSA) is 17.1 Å². The molecule has 0 radical (unpaired) electrons. The monoisotopic (exact) mass is 166 g/mol. The van der Waals surface area contributed by atoms with Crippen molar-refractivity contribution in [2.24, 2.45) is 5.92 Å². The maximum absolute atomic E-state index is 11.2. The number of hydrogen-bond acceptors (Lipinski definition) is 1. The van der Waals surface area contributed by atoms with Gasteiger partial charge in [0.25, 0.3) is 0 Å². The highest BCUT2D eigenvalue weighted by Gasteiger charge is 2.15. The van der Waals surface area contributed by atoms with Crippen molar-refractivity contribution < 1.29 is 4.79 Å². The molecule has 12 heavy (non-hydrogen) atoms. The Labute approximate surface area is 74.9 Å². The summed E-state index contributed by atoms with van der Waals surface area (Å²) in [6.07, 6.45) is 7.15. The molecule has 1 aliphatic rings. The fraction of sp³-hybridized carbons (Fsp3) is 0.727. The Morgan fingerprint density at radius 2 is 2.33 bits per heavy atom. The minimum absolute atomic E-state index is 0.435. The summed E-state index contributed by atoms with van der Waals surface area (Å²) < 4.78 is 0.